The second-order valence-electron chi connectivity index (χ2n) is 3.92. The minimum atomic E-state index is 0.00878. The third-order valence-electron chi connectivity index (χ3n) is 2.62. The van der Waals surface area contributed by atoms with Crippen LogP contribution >= 0.6 is 0 Å². The van der Waals surface area contributed by atoms with Gasteiger partial charge in [-0.15, -0.1) is 0 Å². The molecule has 1 aromatic rings. The van der Waals surface area contributed by atoms with Gasteiger partial charge in [0.2, 0.25) is 0 Å². The summed E-state index contributed by atoms with van der Waals surface area (Å²) in [7, 11) is 1.79. The second kappa shape index (κ2) is 5.18. The Labute approximate surface area is 94.0 Å². The molecule has 6 heteroatoms. The van der Waals surface area contributed by atoms with Crippen LogP contribution < -0.4 is 5.32 Å². The van der Waals surface area contributed by atoms with E-state index in [0.29, 0.717) is 25.3 Å². The maximum atomic E-state index is 11.7. The number of Topliss-reactive ketones (excluding diaryl/α,β-unsaturated/α-hetero) is 1. The molecule has 1 aliphatic rings. The molecule has 1 atom stereocenters. The smallest absolute Gasteiger partial charge is 0.143 e. The monoisotopic (exact) mass is 224 g/mol. The van der Waals surface area contributed by atoms with Crippen molar-refractivity contribution in [3.05, 3.63) is 12.2 Å². The molecule has 0 aromatic carbocycles. The lowest BCUT2D eigenvalue weighted by Crippen LogP contribution is -2.39. The lowest BCUT2D eigenvalue weighted by atomic mass is 10.1. The van der Waals surface area contributed by atoms with E-state index in [1.165, 1.54) is 6.33 Å². The van der Waals surface area contributed by atoms with Crippen molar-refractivity contribution < 1.29 is 9.53 Å². The number of aromatic nitrogens is 3. The maximum absolute atomic E-state index is 11.7. The molecule has 0 radical (unpaired) electrons. The first-order valence-corrected chi connectivity index (χ1v) is 5.42. The fourth-order valence-electron chi connectivity index (χ4n) is 1.73. The predicted octanol–water partition coefficient (Wildman–Crippen LogP) is -0.695. The van der Waals surface area contributed by atoms with Crippen LogP contribution in [0, 0.1) is 0 Å². The van der Waals surface area contributed by atoms with Crippen molar-refractivity contribution >= 4 is 5.78 Å². The van der Waals surface area contributed by atoms with Gasteiger partial charge in [-0.2, -0.15) is 5.10 Å². The molecule has 1 unspecified atom stereocenters. The molecule has 1 aliphatic heterocycles. The summed E-state index contributed by atoms with van der Waals surface area (Å²) < 4.78 is 7.09. The van der Waals surface area contributed by atoms with Crippen molar-refractivity contribution in [2.75, 3.05) is 19.7 Å². The standard InChI is InChI=1S/C10H16N4O2/c1-14-10(12-7-13-14)5-8(15)4-9-6-11-2-3-16-9/h7,9,11H,2-6H2,1H3. The SMILES string of the molecule is Cn1ncnc1CC(=O)CC1CNCCO1. The highest BCUT2D eigenvalue weighted by Crippen LogP contribution is 2.05. The van der Waals surface area contributed by atoms with Crippen LogP contribution in [0.25, 0.3) is 0 Å². The summed E-state index contributed by atoms with van der Waals surface area (Å²) in [6, 6.07) is 0. The van der Waals surface area contributed by atoms with Crippen molar-refractivity contribution in [2.24, 2.45) is 7.05 Å². The molecule has 0 aliphatic carbocycles. The number of hydrogen-bond acceptors (Lipinski definition) is 5. The summed E-state index contributed by atoms with van der Waals surface area (Å²) in [5.41, 5.74) is 0. The lowest BCUT2D eigenvalue weighted by Gasteiger charge is -2.22. The molecule has 2 rings (SSSR count). The number of carbonyl (C=O) groups excluding carboxylic acids is 1. The first-order valence-electron chi connectivity index (χ1n) is 5.42. The van der Waals surface area contributed by atoms with Gasteiger partial charge >= 0.3 is 0 Å². The van der Waals surface area contributed by atoms with Crippen LogP contribution in [-0.2, 0) is 23.0 Å². The summed E-state index contributed by atoms with van der Waals surface area (Å²) in [5.74, 6) is 0.846. The molecular weight excluding hydrogens is 208 g/mol. The Bertz CT molecular complexity index is 357. The van der Waals surface area contributed by atoms with Gasteiger partial charge < -0.3 is 10.1 Å². The molecule has 16 heavy (non-hydrogen) atoms. The molecule has 0 saturated carbocycles. The van der Waals surface area contributed by atoms with Gasteiger partial charge in [-0.05, 0) is 0 Å². The average molecular weight is 224 g/mol. The zero-order valence-corrected chi connectivity index (χ0v) is 9.35. The summed E-state index contributed by atoms with van der Waals surface area (Å²) in [5, 5.41) is 7.13. The summed E-state index contributed by atoms with van der Waals surface area (Å²) in [4.78, 5) is 15.8. The molecule has 0 amide bonds. The van der Waals surface area contributed by atoms with Crippen LogP contribution in [-0.4, -0.2) is 46.3 Å². The Kier molecular flexibility index (Phi) is 3.63. The number of carbonyl (C=O) groups is 1. The van der Waals surface area contributed by atoms with Crippen molar-refractivity contribution in [3.8, 4) is 0 Å². The number of nitrogens with zero attached hydrogens (tertiary/aromatic N) is 3. The van der Waals surface area contributed by atoms with Gasteiger partial charge in [-0.1, -0.05) is 0 Å². The highest BCUT2D eigenvalue weighted by molar-refractivity contribution is 5.80. The Balaban J connectivity index is 1.82. The van der Waals surface area contributed by atoms with Gasteiger partial charge in [0.05, 0.1) is 19.1 Å². The van der Waals surface area contributed by atoms with E-state index < -0.39 is 0 Å². The van der Waals surface area contributed by atoms with E-state index >= 15 is 0 Å². The van der Waals surface area contributed by atoms with E-state index in [4.69, 9.17) is 4.74 Å². The van der Waals surface area contributed by atoms with Gasteiger partial charge in [-0.3, -0.25) is 9.48 Å². The molecule has 0 spiro atoms. The molecule has 1 fully saturated rings. The van der Waals surface area contributed by atoms with Crippen LogP contribution in [0.5, 0.6) is 0 Å². The number of morpholine rings is 1. The summed E-state index contributed by atoms with van der Waals surface area (Å²) >= 11 is 0. The molecule has 6 nitrogen and oxygen atoms in total. The summed E-state index contributed by atoms with van der Waals surface area (Å²) in [6.45, 7) is 2.31. The first kappa shape index (κ1) is 11.2. The van der Waals surface area contributed by atoms with Crippen molar-refractivity contribution in [3.63, 3.8) is 0 Å². The van der Waals surface area contributed by atoms with E-state index in [0.717, 1.165) is 13.1 Å². The van der Waals surface area contributed by atoms with Crippen LogP contribution in [0.4, 0.5) is 0 Å². The minimum absolute atomic E-state index is 0.00878. The molecule has 1 aromatic heterocycles. The van der Waals surface area contributed by atoms with E-state index in [-0.39, 0.29) is 11.9 Å². The topological polar surface area (TPSA) is 69.0 Å². The number of aryl methyl sites for hydroxylation is 1. The van der Waals surface area contributed by atoms with E-state index in [1.54, 1.807) is 11.7 Å². The van der Waals surface area contributed by atoms with Crippen LogP contribution in [0.15, 0.2) is 6.33 Å². The largest absolute Gasteiger partial charge is 0.375 e. The fourth-order valence-corrected chi connectivity index (χ4v) is 1.73. The molecule has 0 bridgehead atoms. The first-order chi connectivity index (χ1) is 7.75. The molecule has 1 N–H and O–H groups in total. The zero-order chi connectivity index (χ0) is 11.4. The summed E-state index contributed by atoms with van der Waals surface area (Å²) in [6.07, 6.45) is 2.24. The van der Waals surface area contributed by atoms with Gasteiger partial charge in [-0.25, -0.2) is 4.98 Å². The number of rotatable bonds is 4. The quantitative estimate of drug-likeness (QED) is 0.732. The lowest BCUT2D eigenvalue weighted by molar-refractivity contribution is -0.121. The Morgan fingerprint density at radius 2 is 2.62 bits per heavy atom. The third kappa shape index (κ3) is 2.86. The minimum Gasteiger partial charge on any atom is -0.375 e. The van der Waals surface area contributed by atoms with E-state index in [2.05, 4.69) is 15.4 Å². The van der Waals surface area contributed by atoms with Crippen LogP contribution in [0.2, 0.25) is 0 Å². The van der Waals surface area contributed by atoms with Crippen molar-refractivity contribution in [2.45, 2.75) is 18.9 Å². The maximum Gasteiger partial charge on any atom is 0.143 e. The second-order valence-corrected chi connectivity index (χ2v) is 3.92. The third-order valence-corrected chi connectivity index (χ3v) is 2.62. The molecule has 88 valence electrons. The number of nitrogens with one attached hydrogen (secondary N) is 1. The van der Waals surface area contributed by atoms with E-state index in [9.17, 15) is 4.79 Å². The highest BCUT2D eigenvalue weighted by atomic mass is 16.5. The number of ketones is 1. The molecular formula is C10H16N4O2. The van der Waals surface area contributed by atoms with Crippen molar-refractivity contribution in [1.29, 1.82) is 0 Å². The zero-order valence-electron chi connectivity index (χ0n) is 9.35. The Morgan fingerprint density at radius 1 is 1.75 bits per heavy atom. The van der Waals surface area contributed by atoms with Gasteiger partial charge in [0, 0.05) is 26.6 Å². The normalized spacial score (nSPS) is 20.9. The molecule has 1 saturated heterocycles. The van der Waals surface area contributed by atoms with Crippen LogP contribution in [0.1, 0.15) is 12.2 Å². The Hall–Kier alpha value is -1.27. The number of hydrogen-bond donors (Lipinski definition) is 1. The Morgan fingerprint density at radius 3 is 3.25 bits per heavy atom. The van der Waals surface area contributed by atoms with Crippen LogP contribution in [0.3, 0.4) is 0 Å². The molecule has 2 heterocycles. The van der Waals surface area contributed by atoms with E-state index in [1.807, 2.05) is 0 Å². The van der Waals surface area contributed by atoms with Gasteiger partial charge in [0.1, 0.15) is 17.9 Å². The average Bonchev–Trinajstić information content (AvgIpc) is 2.66. The number of ether oxygens (including phenoxy) is 1. The van der Waals surface area contributed by atoms with Gasteiger partial charge in [0.25, 0.3) is 0 Å². The highest BCUT2D eigenvalue weighted by Gasteiger charge is 2.18. The fraction of sp³-hybridized carbons (Fsp3) is 0.700. The predicted molar refractivity (Wildman–Crippen MR) is 56.9 cm³/mol. The van der Waals surface area contributed by atoms with Crippen molar-refractivity contribution in [1.82, 2.24) is 20.1 Å². The van der Waals surface area contributed by atoms with Gasteiger partial charge in [0.15, 0.2) is 0 Å².